The van der Waals surface area contributed by atoms with E-state index < -0.39 is 0 Å². The first-order chi connectivity index (χ1) is 13.3. The molecule has 2 heterocycles. The van der Waals surface area contributed by atoms with E-state index in [9.17, 15) is 0 Å². The second-order valence-corrected chi connectivity index (χ2v) is 6.56. The van der Waals surface area contributed by atoms with Crippen LogP contribution in [0.5, 0.6) is 0 Å². The van der Waals surface area contributed by atoms with Crippen LogP contribution in [0.3, 0.4) is 0 Å². The molecule has 1 saturated heterocycles. The second kappa shape index (κ2) is 13.3. The summed E-state index contributed by atoms with van der Waals surface area (Å²) < 4.78 is 5.35. The van der Waals surface area contributed by atoms with Gasteiger partial charge in [-0.3, -0.25) is 9.89 Å². The minimum atomic E-state index is 0.797. The molecule has 8 heteroatoms. The van der Waals surface area contributed by atoms with Gasteiger partial charge in [-0.25, -0.2) is 9.97 Å². The molecule has 1 aliphatic heterocycles. The molecule has 0 radical (unpaired) electrons. The van der Waals surface area contributed by atoms with Crippen LogP contribution in [0.15, 0.2) is 23.5 Å². The van der Waals surface area contributed by atoms with Crippen LogP contribution in [0.1, 0.15) is 26.2 Å². The summed E-state index contributed by atoms with van der Waals surface area (Å²) in [5.41, 5.74) is 0. The fourth-order valence-corrected chi connectivity index (χ4v) is 3.04. The topological polar surface area (TPSA) is 77.9 Å². The van der Waals surface area contributed by atoms with Crippen molar-refractivity contribution in [2.24, 2.45) is 4.99 Å². The van der Waals surface area contributed by atoms with Crippen molar-refractivity contribution in [3.05, 3.63) is 18.5 Å². The minimum Gasteiger partial charge on any atom is -0.382 e. The molecular formula is C19H35N7O. The van der Waals surface area contributed by atoms with Gasteiger partial charge in [0.05, 0.1) is 0 Å². The molecule has 2 rings (SSSR count). The first-order valence-electron chi connectivity index (χ1n) is 10.1. The third-order valence-electron chi connectivity index (χ3n) is 4.59. The van der Waals surface area contributed by atoms with Crippen LogP contribution in [0, 0.1) is 0 Å². The summed E-state index contributed by atoms with van der Waals surface area (Å²) in [6.07, 6.45) is 6.89. The highest BCUT2D eigenvalue weighted by molar-refractivity contribution is 5.79. The zero-order chi connectivity index (χ0) is 19.2. The summed E-state index contributed by atoms with van der Waals surface area (Å²) in [4.78, 5) is 17.7. The number of hydrogen-bond donors (Lipinski definition) is 2. The van der Waals surface area contributed by atoms with Crippen molar-refractivity contribution in [2.45, 2.75) is 26.2 Å². The maximum atomic E-state index is 5.35. The quantitative estimate of drug-likeness (QED) is 0.338. The number of hydrogen-bond acceptors (Lipinski definition) is 6. The van der Waals surface area contributed by atoms with Gasteiger partial charge in [0.15, 0.2) is 5.96 Å². The van der Waals surface area contributed by atoms with Crippen molar-refractivity contribution in [3.63, 3.8) is 0 Å². The highest BCUT2D eigenvalue weighted by atomic mass is 16.5. The molecule has 1 aliphatic rings. The molecule has 0 saturated carbocycles. The van der Waals surface area contributed by atoms with Crippen molar-refractivity contribution in [1.82, 2.24) is 25.5 Å². The van der Waals surface area contributed by atoms with E-state index in [-0.39, 0.29) is 0 Å². The average molecular weight is 378 g/mol. The van der Waals surface area contributed by atoms with Crippen molar-refractivity contribution in [2.75, 3.05) is 71.0 Å². The van der Waals surface area contributed by atoms with Gasteiger partial charge in [0.2, 0.25) is 5.95 Å². The van der Waals surface area contributed by atoms with Crippen LogP contribution >= 0.6 is 0 Å². The number of unbranched alkanes of at least 4 members (excludes halogenated alkanes) is 1. The lowest BCUT2D eigenvalue weighted by atomic mass is 10.3. The summed E-state index contributed by atoms with van der Waals surface area (Å²) in [6.45, 7) is 10.7. The normalized spacial score (nSPS) is 15.8. The van der Waals surface area contributed by atoms with Crippen molar-refractivity contribution < 1.29 is 4.74 Å². The first-order valence-corrected chi connectivity index (χ1v) is 10.1. The summed E-state index contributed by atoms with van der Waals surface area (Å²) in [5.74, 6) is 1.73. The van der Waals surface area contributed by atoms with E-state index in [0.29, 0.717) is 0 Å². The Bertz CT molecular complexity index is 518. The molecule has 0 amide bonds. The number of rotatable bonds is 11. The number of piperazine rings is 1. The van der Waals surface area contributed by atoms with Crippen LogP contribution in [0.2, 0.25) is 0 Å². The predicted octanol–water partition coefficient (Wildman–Crippen LogP) is 0.970. The fourth-order valence-electron chi connectivity index (χ4n) is 3.04. The van der Waals surface area contributed by atoms with Crippen LogP contribution in [-0.2, 0) is 4.74 Å². The molecule has 1 aromatic heterocycles. The lowest BCUT2D eigenvalue weighted by Crippen LogP contribution is -2.47. The monoisotopic (exact) mass is 377 g/mol. The van der Waals surface area contributed by atoms with E-state index in [4.69, 9.17) is 4.74 Å². The van der Waals surface area contributed by atoms with Gasteiger partial charge in [-0.15, -0.1) is 0 Å². The number of aromatic nitrogens is 2. The fraction of sp³-hybridized carbons (Fsp3) is 0.737. The largest absolute Gasteiger partial charge is 0.382 e. The summed E-state index contributed by atoms with van der Waals surface area (Å²) in [5, 5.41) is 6.75. The molecule has 0 aromatic carbocycles. The molecule has 1 aromatic rings. The molecule has 1 fully saturated rings. The van der Waals surface area contributed by atoms with E-state index in [1.807, 2.05) is 20.0 Å². The number of nitrogens with one attached hydrogen (secondary N) is 2. The van der Waals surface area contributed by atoms with Gasteiger partial charge in [0.1, 0.15) is 0 Å². The molecule has 152 valence electrons. The van der Waals surface area contributed by atoms with Crippen LogP contribution in [0.4, 0.5) is 5.95 Å². The van der Waals surface area contributed by atoms with E-state index in [0.717, 1.165) is 90.2 Å². The van der Waals surface area contributed by atoms with Crippen molar-refractivity contribution >= 4 is 11.9 Å². The number of guanidine groups is 1. The molecule has 0 atom stereocenters. The molecule has 0 aliphatic carbocycles. The SMILES string of the molecule is CCOCCCCNC(=NC)NCCCN1CCN(c2ncccn2)CC1. The zero-order valence-electron chi connectivity index (χ0n) is 16.9. The van der Waals surface area contributed by atoms with Crippen molar-refractivity contribution in [3.8, 4) is 0 Å². The van der Waals surface area contributed by atoms with Crippen LogP contribution < -0.4 is 15.5 Å². The lowest BCUT2D eigenvalue weighted by molar-refractivity contribution is 0.143. The van der Waals surface area contributed by atoms with E-state index >= 15 is 0 Å². The predicted molar refractivity (Wildman–Crippen MR) is 110 cm³/mol. The molecule has 0 spiro atoms. The van der Waals surface area contributed by atoms with E-state index in [1.165, 1.54) is 0 Å². The molecular weight excluding hydrogens is 342 g/mol. The third kappa shape index (κ3) is 8.53. The lowest BCUT2D eigenvalue weighted by Gasteiger charge is -2.34. The maximum absolute atomic E-state index is 5.35. The van der Waals surface area contributed by atoms with Gasteiger partial charge < -0.3 is 20.3 Å². The molecule has 0 bridgehead atoms. The van der Waals surface area contributed by atoms with Gasteiger partial charge in [-0.1, -0.05) is 0 Å². The number of ether oxygens (including phenoxy) is 1. The van der Waals surface area contributed by atoms with E-state index in [1.54, 1.807) is 12.4 Å². The highest BCUT2D eigenvalue weighted by Gasteiger charge is 2.18. The van der Waals surface area contributed by atoms with Gasteiger partial charge in [-0.2, -0.15) is 0 Å². The zero-order valence-corrected chi connectivity index (χ0v) is 16.9. The summed E-state index contributed by atoms with van der Waals surface area (Å²) >= 11 is 0. The Balaban J connectivity index is 1.51. The molecule has 27 heavy (non-hydrogen) atoms. The third-order valence-corrected chi connectivity index (χ3v) is 4.59. The highest BCUT2D eigenvalue weighted by Crippen LogP contribution is 2.09. The van der Waals surface area contributed by atoms with Gasteiger partial charge in [0, 0.05) is 71.9 Å². The first kappa shape index (κ1) is 21.4. The van der Waals surface area contributed by atoms with Gasteiger partial charge >= 0.3 is 0 Å². The second-order valence-electron chi connectivity index (χ2n) is 6.56. The number of anilines is 1. The number of aliphatic imine (C=N–C) groups is 1. The average Bonchev–Trinajstić information content (AvgIpc) is 2.73. The van der Waals surface area contributed by atoms with Gasteiger partial charge in [-0.05, 0) is 38.8 Å². The smallest absolute Gasteiger partial charge is 0.225 e. The Morgan fingerprint density at radius 1 is 1.07 bits per heavy atom. The van der Waals surface area contributed by atoms with Crippen LogP contribution in [0.25, 0.3) is 0 Å². The Morgan fingerprint density at radius 3 is 2.44 bits per heavy atom. The number of nitrogens with zero attached hydrogens (tertiary/aromatic N) is 5. The van der Waals surface area contributed by atoms with Gasteiger partial charge in [0.25, 0.3) is 0 Å². The Kier molecular flexibility index (Phi) is 10.5. The Morgan fingerprint density at radius 2 is 1.78 bits per heavy atom. The van der Waals surface area contributed by atoms with Crippen LogP contribution in [-0.4, -0.2) is 86.9 Å². The minimum absolute atomic E-state index is 0.797. The van der Waals surface area contributed by atoms with E-state index in [2.05, 4.69) is 35.4 Å². The molecule has 8 nitrogen and oxygen atoms in total. The Labute approximate surface area is 163 Å². The Hall–Kier alpha value is -1.93. The summed E-state index contributed by atoms with van der Waals surface area (Å²) in [7, 11) is 1.82. The maximum Gasteiger partial charge on any atom is 0.225 e. The van der Waals surface area contributed by atoms with Crippen molar-refractivity contribution in [1.29, 1.82) is 0 Å². The summed E-state index contributed by atoms with van der Waals surface area (Å²) in [6, 6.07) is 1.86. The molecule has 0 unspecified atom stereocenters. The standard InChI is InChI=1S/C19H35N7O/c1-3-27-17-5-4-8-21-18(20-2)22-11-7-12-25-13-15-26(16-14-25)19-23-9-6-10-24-19/h6,9-10H,3-5,7-8,11-17H2,1-2H3,(H2,20,21,22). The molecule has 2 N–H and O–H groups in total.